The maximum absolute atomic E-state index is 13.6. The third kappa shape index (κ3) is 6.16. The molecule has 2 aliphatic heterocycles. The number of hydrogen-bond donors (Lipinski definition) is 0. The number of carbonyl (C=O) groups is 2. The Hall–Kier alpha value is -4.21. The van der Waals surface area contributed by atoms with Crippen molar-refractivity contribution in [2.75, 3.05) is 26.7 Å². The number of hydrogen-bond acceptors (Lipinski definition) is 8. The van der Waals surface area contributed by atoms with Crippen molar-refractivity contribution in [3.8, 4) is 11.1 Å². The van der Waals surface area contributed by atoms with Gasteiger partial charge in [-0.3, -0.25) is 4.79 Å². The summed E-state index contributed by atoms with van der Waals surface area (Å²) in [5.41, 5.74) is 2.90. The summed E-state index contributed by atoms with van der Waals surface area (Å²) in [6.07, 6.45) is 1.54. The van der Waals surface area contributed by atoms with Gasteiger partial charge in [0.2, 0.25) is 5.89 Å². The molecule has 0 bridgehead atoms. The summed E-state index contributed by atoms with van der Waals surface area (Å²) < 4.78 is 11.2. The van der Waals surface area contributed by atoms with Crippen LogP contribution in [0.15, 0.2) is 64.3 Å². The van der Waals surface area contributed by atoms with Crippen molar-refractivity contribution in [1.82, 2.24) is 19.9 Å². The molecule has 2 saturated heterocycles. The van der Waals surface area contributed by atoms with Gasteiger partial charge in [0.05, 0.1) is 12.3 Å². The Morgan fingerprint density at radius 2 is 1.68 bits per heavy atom. The average Bonchev–Trinajstić information content (AvgIpc) is 3.60. The summed E-state index contributed by atoms with van der Waals surface area (Å²) >= 11 is 0. The minimum Gasteiger partial charge on any atom is -0.444 e. The highest BCUT2D eigenvalue weighted by atomic mass is 16.6. The molecular formula is C30H35N5O5. The third-order valence-electron chi connectivity index (χ3n) is 7.13. The smallest absolute Gasteiger partial charge is 0.410 e. The molecule has 0 aliphatic carbocycles. The van der Waals surface area contributed by atoms with Gasteiger partial charge in [0.15, 0.2) is 5.82 Å². The Bertz CT molecular complexity index is 1360. The topological polar surface area (TPSA) is 110 Å². The van der Waals surface area contributed by atoms with Crippen LogP contribution in [0, 0.1) is 0 Å². The van der Waals surface area contributed by atoms with Crippen LogP contribution in [0.4, 0.5) is 4.79 Å². The van der Waals surface area contributed by atoms with Crippen molar-refractivity contribution < 1.29 is 23.7 Å². The third-order valence-corrected chi connectivity index (χ3v) is 7.13. The van der Waals surface area contributed by atoms with E-state index in [1.165, 1.54) is 7.11 Å². The van der Waals surface area contributed by atoms with Gasteiger partial charge in [-0.2, -0.15) is 4.98 Å². The van der Waals surface area contributed by atoms with Gasteiger partial charge in [0.1, 0.15) is 18.8 Å². The zero-order valence-electron chi connectivity index (χ0n) is 23.4. The van der Waals surface area contributed by atoms with Crippen LogP contribution < -0.4 is 0 Å². The number of amides is 2. The summed E-state index contributed by atoms with van der Waals surface area (Å²) in [6, 6.07) is 17.2. The van der Waals surface area contributed by atoms with Gasteiger partial charge in [-0.05, 0) is 56.9 Å². The minimum absolute atomic E-state index is 0.0307. The van der Waals surface area contributed by atoms with Gasteiger partial charge in [0.25, 0.3) is 5.91 Å². The van der Waals surface area contributed by atoms with Crippen molar-refractivity contribution in [3.05, 3.63) is 71.9 Å². The van der Waals surface area contributed by atoms with Crippen molar-refractivity contribution in [1.29, 1.82) is 0 Å². The van der Waals surface area contributed by atoms with Crippen LogP contribution in [-0.4, -0.2) is 70.0 Å². The lowest BCUT2D eigenvalue weighted by atomic mass is 9.97. The van der Waals surface area contributed by atoms with E-state index in [2.05, 4.69) is 10.3 Å². The molecule has 40 heavy (non-hydrogen) atoms. The number of aromatic nitrogens is 2. The molecule has 0 unspecified atom stereocenters. The van der Waals surface area contributed by atoms with E-state index in [9.17, 15) is 9.59 Å². The number of likely N-dealkylation sites (tertiary alicyclic amines) is 2. The van der Waals surface area contributed by atoms with Crippen molar-refractivity contribution in [3.63, 3.8) is 0 Å². The lowest BCUT2D eigenvalue weighted by Gasteiger charge is -2.32. The van der Waals surface area contributed by atoms with E-state index in [4.69, 9.17) is 19.1 Å². The zero-order chi connectivity index (χ0) is 28.3. The maximum atomic E-state index is 13.6. The molecule has 10 heteroatoms. The fourth-order valence-electron chi connectivity index (χ4n) is 5.13. The first-order valence-electron chi connectivity index (χ1n) is 13.6. The molecule has 0 radical (unpaired) electrons. The fraction of sp³-hybridized carbons (Fsp3) is 0.433. The number of ether oxygens (including phenoxy) is 1. The van der Waals surface area contributed by atoms with Gasteiger partial charge in [-0.1, -0.05) is 52.8 Å². The number of benzene rings is 2. The summed E-state index contributed by atoms with van der Waals surface area (Å²) in [7, 11) is 1.49. The predicted octanol–water partition coefficient (Wildman–Crippen LogP) is 5.44. The first-order valence-corrected chi connectivity index (χ1v) is 13.6. The Labute approximate surface area is 233 Å². The van der Waals surface area contributed by atoms with Crippen LogP contribution in [0.5, 0.6) is 0 Å². The van der Waals surface area contributed by atoms with Crippen LogP contribution in [0.3, 0.4) is 0 Å². The molecule has 0 saturated carbocycles. The van der Waals surface area contributed by atoms with Crippen LogP contribution in [0.1, 0.15) is 74.1 Å². The molecule has 2 aliphatic rings. The fourth-order valence-corrected chi connectivity index (χ4v) is 5.13. The summed E-state index contributed by atoms with van der Waals surface area (Å²) in [5, 5.41) is 8.38. The van der Waals surface area contributed by atoms with Gasteiger partial charge >= 0.3 is 6.09 Å². The van der Waals surface area contributed by atoms with Crippen LogP contribution in [-0.2, 0) is 9.57 Å². The molecule has 210 valence electrons. The van der Waals surface area contributed by atoms with Gasteiger partial charge < -0.3 is 23.9 Å². The maximum Gasteiger partial charge on any atom is 0.410 e. The number of carbonyl (C=O) groups excluding carboxylic acids is 2. The second-order valence-corrected chi connectivity index (χ2v) is 11.2. The predicted molar refractivity (Wildman–Crippen MR) is 149 cm³/mol. The molecule has 1 atom stereocenters. The summed E-state index contributed by atoms with van der Waals surface area (Å²) in [5.74, 6) is 0.863. The van der Waals surface area contributed by atoms with Gasteiger partial charge in [0, 0.05) is 31.0 Å². The molecule has 5 rings (SSSR count). The number of rotatable bonds is 5. The molecule has 3 heterocycles. The first kappa shape index (κ1) is 27.4. The van der Waals surface area contributed by atoms with Crippen molar-refractivity contribution >= 4 is 17.7 Å². The quantitative estimate of drug-likeness (QED) is 0.393. The number of oxime groups is 1. The first-order chi connectivity index (χ1) is 19.2. The Balaban J connectivity index is 1.29. The van der Waals surface area contributed by atoms with E-state index >= 15 is 0 Å². The summed E-state index contributed by atoms with van der Waals surface area (Å²) in [6.45, 7) is 6.99. The van der Waals surface area contributed by atoms with E-state index < -0.39 is 11.6 Å². The highest BCUT2D eigenvalue weighted by molar-refractivity contribution is 6.00. The largest absolute Gasteiger partial charge is 0.444 e. The van der Waals surface area contributed by atoms with Crippen LogP contribution in [0.2, 0.25) is 0 Å². The molecule has 2 fully saturated rings. The zero-order valence-corrected chi connectivity index (χ0v) is 23.4. The lowest BCUT2D eigenvalue weighted by Crippen LogP contribution is -2.41. The number of piperidine rings is 1. The average molecular weight is 546 g/mol. The monoisotopic (exact) mass is 545 g/mol. The Morgan fingerprint density at radius 3 is 2.33 bits per heavy atom. The van der Waals surface area contributed by atoms with Gasteiger partial charge in [-0.25, -0.2) is 4.79 Å². The van der Waals surface area contributed by atoms with Crippen LogP contribution >= 0.6 is 0 Å². The molecule has 3 aromatic rings. The molecule has 2 aromatic carbocycles. The van der Waals surface area contributed by atoms with Crippen LogP contribution in [0.25, 0.3) is 11.1 Å². The van der Waals surface area contributed by atoms with Crippen molar-refractivity contribution in [2.24, 2.45) is 5.16 Å². The molecule has 10 nitrogen and oxygen atoms in total. The standard InChI is InChI=1S/C30H35N5O5/c1-30(2,3)39-29(37)34-16-14-22(15-17-34)27-31-26(33-40-27)25-18-24(32-38-4)19-35(25)28(36)23-12-10-21(11-13-23)20-8-6-5-7-9-20/h5-13,22,25H,14-19H2,1-4H3/b32-24+/t25-/m0/s1. The Kier molecular flexibility index (Phi) is 7.86. The second kappa shape index (κ2) is 11.5. The minimum atomic E-state index is -0.533. The second-order valence-electron chi connectivity index (χ2n) is 11.2. The molecule has 0 spiro atoms. The molecule has 0 N–H and O–H groups in total. The number of nitrogens with zero attached hydrogens (tertiary/aromatic N) is 5. The molecule has 2 amide bonds. The summed E-state index contributed by atoms with van der Waals surface area (Å²) in [4.78, 5) is 39.2. The normalized spacial score (nSPS) is 19.2. The SMILES string of the molecule is CO/N=C1\C[C@@H](c2noc(C3CCN(C(=O)OC(C)(C)C)CC3)n2)N(C(=O)c2ccc(-c3ccccc3)cc2)C1. The van der Waals surface area contributed by atoms with Gasteiger partial charge in [-0.15, -0.1) is 0 Å². The highest BCUT2D eigenvalue weighted by Gasteiger charge is 2.39. The van der Waals surface area contributed by atoms with E-state index in [0.29, 0.717) is 56.2 Å². The molecule has 1 aromatic heterocycles. The van der Waals surface area contributed by atoms with E-state index in [-0.39, 0.29) is 17.9 Å². The van der Waals surface area contributed by atoms with E-state index in [1.54, 1.807) is 9.80 Å². The Morgan fingerprint density at radius 1 is 1.00 bits per heavy atom. The van der Waals surface area contributed by atoms with E-state index in [1.807, 2.05) is 75.4 Å². The molecular weight excluding hydrogens is 510 g/mol. The van der Waals surface area contributed by atoms with Crippen molar-refractivity contribution in [2.45, 2.75) is 57.6 Å². The lowest BCUT2D eigenvalue weighted by molar-refractivity contribution is 0.0198. The van der Waals surface area contributed by atoms with E-state index in [0.717, 1.165) is 16.8 Å². The highest BCUT2D eigenvalue weighted by Crippen LogP contribution is 2.34.